The third kappa shape index (κ3) is 2.27. The molecule has 2 heterocycles. The summed E-state index contributed by atoms with van der Waals surface area (Å²) >= 11 is 1.85. The second kappa shape index (κ2) is 4.93. The highest BCUT2D eigenvalue weighted by Gasteiger charge is 2.26. The van der Waals surface area contributed by atoms with Gasteiger partial charge in [-0.25, -0.2) is 4.39 Å². The SMILES string of the molecule is CN1Cc2cc(F)ccc2C(c2cc3ccccc3s2)C1. The number of likely N-dealkylation sites (N-methyl/N-ethyl adjacent to an activating group) is 1. The number of benzene rings is 2. The van der Waals surface area contributed by atoms with Crippen LogP contribution in [0.3, 0.4) is 0 Å². The van der Waals surface area contributed by atoms with Gasteiger partial charge in [-0.2, -0.15) is 0 Å². The Morgan fingerprint density at radius 3 is 2.86 bits per heavy atom. The van der Waals surface area contributed by atoms with E-state index in [9.17, 15) is 4.39 Å². The van der Waals surface area contributed by atoms with Crippen LogP contribution in [0, 0.1) is 5.82 Å². The quantitative estimate of drug-likeness (QED) is 0.633. The maximum atomic E-state index is 13.5. The van der Waals surface area contributed by atoms with Crippen LogP contribution < -0.4 is 0 Å². The fourth-order valence-electron chi connectivity index (χ4n) is 3.23. The Hall–Kier alpha value is -1.71. The van der Waals surface area contributed by atoms with Crippen LogP contribution in [-0.4, -0.2) is 18.5 Å². The van der Waals surface area contributed by atoms with E-state index in [0.29, 0.717) is 5.92 Å². The molecule has 1 aromatic heterocycles. The lowest BCUT2D eigenvalue weighted by atomic mass is 9.88. The van der Waals surface area contributed by atoms with Crippen molar-refractivity contribution in [2.75, 3.05) is 13.6 Å². The molecule has 4 rings (SSSR count). The van der Waals surface area contributed by atoms with Crippen molar-refractivity contribution in [2.24, 2.45) is 0 Å². The number of rotatable bonds is 1. The van der Waals surface area contributed by atoms with Gasteiger partial charge in [0.1, 0.15) is 5.82 Å². The summed E-state index contributed by atoms with van der Waals surface area (Å²) in [6.45, 7) is 1.82. The first-order chi connectivity index (χ1) is 10.2. The zero-order chi connectivity index (χ0) is 14.4. The summed E-state index contributed by atoms with van der Waals surface area (Å²) in [6.07, 6.45) is 0. The van der Waals surface area contributed by atoms with E-state index >= 15 is 0 Å². The van der Waals surface area contributed by atoms with Crippen LogP contribution in [-0.2, 0) is 6.54 Å². The molecule has 0 saturated heterocycles. The van der Waals surface area contributed by atoms with Gasteiger partial charge >= 0.3 is 0 Å². The van der Waals surface area contributed by atoms with Crippen molar-refractivity contribution >= 4 is 21.4 Å². The second-order valence-corrected chi connectivity index (χ2v) is 6.89. The molecule has 1 unspecified atom stereocenters. The summed E-state index contributed by atoms with van der Waals surface area (Å²) in [7, 11) is 2.11. The van der Waals surface area contributed by atoms with Crippen molar-refractivity contribution in [1.29, 1.82) is 0 Å². The van der Waals surface area contributed by atoms with E-state index in [1.54, 1.807) is 12.1 Å². The first-order valence-electron chi connectivity index (χ1n) is 7.16. The summed E-state index contributed by atoms with van der Waals surface area (Å²) in [4.78, 5) is 3.65. The first kappa shape index (κ1) is 13.0. The Balaban J connectivity index is 1.84. The minimum Gasteiger partial charge on any atom is -0.301 e. The molecule has 3 heteroatoms. The lowest BCUT2D eigenvalue weighted by Crippen LogP contribution is -2.30. The minimum atomic E-state index is -0.140. The van der Waals surface area contributed by atoms with Crippen LogP contribution in [0.2, 0.25) is 0 Å². The van der Waals surface area contributed by atoms with Crippen molar-refractivity contribution < 1.29 is 4.39 Å². The average Bonchev–Trinajstić information content (AvgIpc) is 2.89. The van der Waals surface area contributed by atoms with E-state index in [1.807, 2.05) is 17.4 Å². The molecule has 0 amide bonds. The Morgan fingerprint density at radius 1 is 1.14 bits per heavy atom. The molecule has 0 aliphatic carbocycles. The molecular formula is C18H16FNS. The third-order valence-electron chi connectivity index (χ3n) is 4.20. The van der Waals surface area contributed by atoms with Gasteiger partial charge in [0.25, 0.3) is 0 Å². The molecule has 2 aromatic carbocycles. The number of thiophene rings is 1. The summed E-state index contributed by atoms with van der Waals surface area (Å²) in [5.74, 6) is 0.205. The predicted octanol–water partition coefficient (Wildman–Crippen LogP) is 4.62. The Bertz CT molecular complexity index is 775. The zero-order valence-corrected chi connectivity index (χ0v) is 12.7. The molecule has 0 spiro atoms. The van der Waals surface area contributed by atoms with E-state index in [1.165, 1.54) is 20.5 Å². The molecule has 1 nitrogen and oxygen atoms in total. The molecule has 1 aliphatic heterocycles. The maximum Gasteiger partial charge on any atom is 0.123 e. The van der Waals surface area contributed by atoms with Crippen LogP contribution in [0.1, 0.15) is 21.9 Å². The van der Waals surface area contributed by atoms with Gasteiger partial charge in [-0.05, 0) is 47.8 Å². The van der Waals surface area contributed by atoms with Gasteiger partial charge in [-0.1, -0.05) is 24.3 Å². The molecule has 0 radical (unpaired) electrons. The Morgan fingerprint density at radius 2 is 2.00 bits per heavy atom. The smallest absolute Gasteiger partial charge is 0.123 e. The first-order valence-corrected chi connectivity index (χ1v) is 7.98. The Kier molecular flexibility index (Phi) is 3.05. The average molecular weight is 297 g/mol. The fraction of sp³-hybridized carbons (Fsp3) is 0.222. The summed E-state index contributed by atoms with van der Waals surface area (Å²) in [5.41, 5.74) is 2.40. The summed E-state index contributed by atoms with van der Waals surface area (Å²) < 4.78 is 14.8. The monoisotopic (exact) mass is 297 g/mol. The lowest BCUT2D eigenvalue weighted by Gasteiger charge is -2.31. The standard InChI is InChI=1S/C18H16FNS/c1-20-10-13-8-14(19)6-7-15(13)16(11-20)18-9-12-4-2-3-5-17(12)21-18/h2-9,16H,10-11H2,1H3. The van der Waals surface area contributed by atoms with Crippen LogP contribution in [0.4, 0.5) is 4.39 Å². The van der Waals surface area contributed by atoms with Crippen molar-refractivity contribution in [2.45, 2.75) is 12.5 Å². The molecule has 1 aliphatic rings. The van der Waals surface area contributed by atoms with Gasteiger partial charge < -0.3 is 4.90 Å². The highest BCUT2D eigenvalue weighted by molar-refractivity contribution is 7.19. The third-order valence-corrected chi connectivity index (χ3v) is 5.43. The number of fused-ring (bicyclic) bond motifs is 2. The van der Waals surface area contributed by atoms with Gasteiger partial charge in [0, 0.05) is 28.6 Å². The molecule has 3 aromatic rings. The van der Waals surface area contributed by atoms with E-state index in [-0.39, 0.29) is 5.82 Å². The van der Waals surface area contributed by atoms with Gasteiger partial charge in [0.15, 0.2) is 0 Å². The summed E-state index contributed by atoms with van der Waals surface area (Å²) in [5, 5.41) is 1.30. The van der Waals surface area contributed by atoms with Crippen molar-refractivity contribution in [3.8, 4) is 0 Å². The topological polar surface area (TPSA) is 3.24 Å². The van der Waals surface area contributed by atoms with Crippen LogP contribution in [0.25, 0.3) is 10.1 Å². The van der Waals surface area contributed by atoms with Gasteiger partial charge in [-0.15, -0.1) is 11.3 Å². The molecule has 1 atom stereocenters. The van der Waals surface area contributed by atoms with E-state index in [0.717, 1.165) is 18.7 Å². The maximum absolute atomic E-state index is 13.5. The number of hydrogen-bond acceptors (Lipinski definition) is 2. The normalized spacial score (nSPS) is 18.9. The number of halogens is 1. The minimum absolute atomic E-state index is 0.140. The molecule has 0 N–H and O–H groups in total. The van der Waals surface area contributed by atoms with Crippen LogP contribution in [0.15, 0.2) is 48.5 Å². The predicted molar refractivity (Wildman–Crippen MR) is 86.4 cm³/mol. The lowest BCUT2D eigenvalue weighted by molar-refractivity contribution is 0.295. The van der Waals surface area contributed by atoms with Gasteiger partial charge in [0.05, 0.1) is 0 Å². The van der Waals surface area contributed by atoms with Crippen molar-refractivity contribution in [3.05, 3.63) is 70.4 Å². The van der Waals surface area contributed by atoms with E-state index in [2.05, 4.69) is 42.3 Å². The zero-order valence-electron chi connectivity index (χ0n) is 11.8. The van der Waals surface area contributed by atoms with Crippen molar-refractivity contribution in [1.82, 2.24) is 4.90 Å². The molecule has 0 saturated carbocycles. The molecule has 0 fully saturated rings. The van der Waals surface area contributed by atoms with E-state index < -0.39 is 0 Å². The number of hydrogen-bond donors (Lipinski definition) is 0. The second-order valence-electron chi connectivity index (χ2n) is 5.78. The van der Waals surface area contributed by atoms with Gasteiger partial charge in [0.2, 0.25) is 0 Å². The highest BCUT2D eigenvalue weighted by Crippen LogP contribution is 2.38. The fourth-order valence-corrected chi connectivity index (χ4v) is 4.41. The molecular weight excluding hydrogens is 281 g/mol. The van der Waals surface area contributed by atoms with Crippen LogP contribution >= 0.6 is 11.3 Å². The Labute approximate surface area is 127 Å². The van der Waals surface area contributed by atoms with Crippen molar-refractivity contribution in [3.63, 3.8) is 0 Å². The summed E-state index contributed by atoms with van der Waals surface area (Å²) in [6, 6.07) is 16.0. The molecule has 0 bridgehead atoms. The van der Waals surface area contributed by atoms with Gasteiger partial charge in [-0.3, -0.25) is 0 Å². The highest BCUT2D eigenvalue weighted by atomic mass is 32.1. The molecule has 106 valence electrons. The van der Waals surface area contributed by atoms with E-state index in [4.69, 9.17) is 0 Å². The largest absolute Gasteiger partial charge is 0.301 e. The molecule has 21 heavy (non-hydrogen) atoms. The van der Waals surface area contributed by atoms with Crippen LogP contribution in [0.5, 0.6) is 0 Å². The number of nitrogens with zero attached hydrogens (tertiary/aromatic N) is 1.